The lowest BCUT2D eigenvalue weighted by molar-refractivity contribution is 0.0950. The van der Waals surface area contributed by atoms with E-state index >= 15 is 0 Å². The monoisotopic (exact) mass is 414 g/mol. The van der Waals surface area contributed by atoms with Crippen molar-refractivity contribution < 1.29 is 14.3 Å². The average Bonchev–Trinajstić information content (AvgIpc) is 3.29. The molecule has 1 heterocycles. The Morgan fingerprint density at radius 3 is 2.74 bits per heavy atom. The summed E-state index contributed by atoms with van der Waals surface area (Å²) in [7, 11) is 1.61. The zero-order valence-corrected chi connectivity index (χ0v) is 17.3. The predicted octanol–water partition coefficient (Wildman–Crippen LogP) is 4.40. The summed E-state index contributed by atoms with van der Waals surface area (Å²) in [5.74, 6) is 0.987. The zero-order chi connectivity index (χ0) is 21.6. The first-order chi connectivity index (χ1) is 15.2. The summed E-state index contributed by atoms with van der Waals surface area (Å²) in [6.07, 6.45) is 1.55. The Balaban J connectivity index is 1.56. The van der Waals surface area contributed by atoms with E-state index in [1.807, 2.05) is 67.6 Å². The highest BCUT2D eigenvalue weighted by Crippen LogP contribution is 2.36. The SMILES string of the molecule is CCOc1ccccc1/C=N\NC(=O)c1cc(-c2c(OC)ccc3ccccc23)n[nH]1. The van der Waals surface area contributed by atoms with E-state index in [4.69, 9.17) is 9.47 Å². The van der Waals surface area contributed by atoms with Crippen LogP contribution in [-0.4, -0.2) is 36.0 Å². The lowest BCUT2D eigenvalue weighted by Gasteiger charge is -2.09. The summed E-state index contributed by atoms with van der Waals surface area (Å²) in [5.41, 5.74) is 5.02. The van der Waals surface area contributed by atoms with Crippen LogP contribution in [0.15, 0.2) is 71.8 Å². The number of hydrogen-bond acceptors (Lipinski definition) is 5. The third-order valence-electron chi connectivity index (χ3n) is 4.78. The molecule has 0 spiro atoms. The molecule has 0 aliphatic heterocycles. The molecule has 4 rings (SSSR count). The molecule has 0 radical (unpaired) electrons. The van der Waals surface area contributed by atoms with Gasteiger partial charge < -0.3 is 9.47 Å². The molecule has 31 heavy (non-hydrogen) atoms. The molecule has 1 amide bonds. The van der Waals surface area contributed by atoms with Crippen molar-refractivity contribution in [3.8, 4) is 22.8 Å². The molecule has 2 N–H and O–H groups in total. The maximum absolute atomic E-state index is 12.5. The van der Waals surface area contributed by atoms with E-state index in [2.05, 4.69) is 20.7 Å². The van der Waals surface area contributed by atoms with E-state index in [1.165, 1.54) is 0 Å². The lowest BCUT2D eigenvalue weighted by atomic mass is 10.0. The second kappa shape index (κ2) is 9.13. The Labute approximate surface area is 179 Å². The van der Waals surface area contributed by atoms with E-state index in [-0.39, 0.29) is 0 Å². The van der Waals surface area contributed by atoms with Crippen LogP contribution >= 0.6 is 0 Å². The number of fused-ring (bicyclic) bond motifs is 1. The number of hydrazone groups is 1. The van der Waals surface area contributed by atoms with E-state index in [9.17, 15) is 4.79 Å². The third-order valence-corrected chi connectivity index (χ3v) is 4.78. The van der Waals surface area contributed by atoms with Crippen LogP contribution in [0.3, 0.4) is 0 Å². The Kier molecular flexibility index (Phi) is 5.93. The molecular formula is C24H22N4O3. The minimum atomic E-state index is -0.400. The first-order valence-corrected chi connectivity index (χ1v) is 9.88. The Hall–Kier alpha value is -4.13. The van der Waals surface area contributed by atoms with E-state index in [0.717, 1.165) is 21.9 Å². The van der Waals surface area contributed by atoms with Gasteiger partial charge in [-0.15, -0.1) is 0 Å². The van der Waals surface area contributed by atoms with Gasteiger partial charge in [0.25, 0.3) is 5.91 Å². The molecule has 0 aliphatic carbocycles. The minimum absolute atomic E-state index is 0.292. The van der Waals surface area contributed by atoms with E-state index in [0.29, 0.717) is 29.5 Å². The highest BCUT2D eigenvalue weighted by molar-refractivity contribution is 6.00. The van der Waals surface area contributed by atoms with Gasteiger partial charge >= 0.3 is 0 Å². The Morgan fingerprint density at radius 1 is 1.10 bits per heavy atom. The molecule has 3 aromatic carbocycles. The molecule has 0 fully saturated rings. The molecule has 4 aromatic rings. The fourth-order valence-electron chi connectivity index (χ4n) is 3.35. The van der Waals surface area contributed by atoms with Crippen LogP contribution in [0.25, 0.3) is 22.0 Å². The van der Waals surface area contributed by atoms with Crippen LogP contribution in [0.4, 0.5) is 0 Å². The molecule has 0 saturated heterocycles. The lowest BCUT2D eigenvalue weighted by Crippen LogP contribution is -2.18. The van der Waals surface area contributed by atoms with Gasteiger partial charge in [0.05, 0.1) is 31.2 Å². The van der Waals surface area contributed by atoms with Crippen molar-refractivity contribution in [1.82, 2.24) is 15.6 Å². The number of hydrogen-bond donors (Lipinski definition) is 2. The van der Waals surface area contributed by atoms with E-state index in [1.54, 1.807) is 19.4 Å². The second-order valence-corrected chi connectivity index (χ2v) is 6.70. The maximum atomic E-state index is 12.5. The van der Waals surface area contributed by atoms with Crippen LogP contribution in [0, 0.1) is 0 Å². The summed E-state index contributed by atoms with van der Waals surface area (Å²) in [6, 6.07) is 21.0. The molecular weight excluding hydrogens is 392 g/mol. The quantitative estimate of drug-likeness (QED) is 0.346. The number of nitrogens with zero attached hydrogens (tertiary/aromatic N) is 2. The fraction of sp³-hybridized carbons (Fsp3) is 0.125. The number of nitrogens with one attached hydrogen (secondary N) is 2. The number of carbonyl (C=O) groups is 1. The molecule has 0 saturated carbocycles. The number of methoxy groups -OCH3 is 1. The van der Waals surface area contributed by atoms with Crippen molar-refractivity contribution in [2.75, 3.05) is 13.7 Å². The Bertz CT molecular complexity index is 1250. The highest BCUT2D eigenvalue weighted by atomic mass is 16.5. The van der Waals surface area contributed by atoms with Gasteiger partial charge in [0.1, 0.15) is 17.2 Å². The molecule has 156 valence electrons. The van der Waals surface area contributed by atoms with Crippen molar-refractivity contribution in [3.63, 3.8) is 0 Å². The summed E-state index contributed by atoms with van der Waals surface area (Å²) >= 11 is 0. The number of rotatable bonds is 7. The number of carbonyl (C=O) groups excluding carboxylic acids is 1. The number of H-pyrrole nitrogens is 1. The molecule has 0 unspecified atom stereocenters. The van der Waals surface area contributed by atoms with Gasteiger partial charge in [-0.2, -0.15) is 10.2 Å². The molecule has 0 atom stereocenters. The summed E-state index contributed by atoms with van der Waals surface area (Å²) < 4.78 is 11.1. The minimum Gasteiger partial charge on any atom is -0.496 e. The average molecular weight is 414 g/mol. The van der Waals surface area contributed by atoms with Crippen molar-refractivity contribution >= 4 is 22.9 Å². The van der Waals surface area contributed by atoms with Gasteiger partial charge in [-0.25, -0.2) is 5.43 Å². The predicted molar refractivity (Wildman–Crippen MR) is 121 cm³/mol. The second-order valence-electron chi connectivity index (χ2n) is 6.70. The number of aromatic nitrogens is 2. The summed E-state index contributed by atoms with van der Waals surface area (Å²) in [6.45, 7) is 2.46. The maximum Gasteiger partial charge on any atom is 0.289 e. The zero-order valence-electron chi connectivity index (χ0n) is 17.3. The van der Waals surface area contributed by atoms with Gasteiger partial charge in [-0.3, -0.25) is 9.89 Å². The summed E-state index contributed by atoms with van der Waals surface area (Å²) in [4.78, 5) is 12.5. The number of aromatic amines is 1. The third kappa shape index (κ3) is 4.25. The van der Waals surface area contributed by atoms with Crippen LogP contribution in [0.5, 0.6) is 11.5 Å². The van der Waals surface area contributed by atoms with Crippen molar-refractivity contribution in [3.05, 3.63) is 78.0 Å². The van der Waals surface area contributed by atoms with Gasteiger partial charge in [-0.1, -0.05) is 42.5 Å². The smallest absolute Gasteiger partial charge is 0.289 e. The van der Waals surface area contributed by atoms with Crippen LogP contribution in [-0.2, 0) is 0 Å². The number of para-hydroxylation sites is 1. The normalized spacial score (nSPS) is 11.0. The first-order valence-electron chi connectivity index (χ1n) is 9.88. The topological polar surface area (TPSA) is 88.6 Å². The van der Waals surface area contributed by atoms with Crippen molar-refractivity contribution in [2.24, 2.45) is 5.10 Å². The number of amides is 1. The van der Waals surface area contributed by atoms with Gasteiger partial charge in [0, 0.05) is 5.56 Å². The van der Waals surface area contributed by atoms with Gasteiger partial charge in [0.2, 0.25) is 0 Å². The number of benzene rings is 3. The summed E-state index contributed by atoms with van der Waals surface area (Å²) in [5, 5.41) is 13.2. The fourth-order valence-corrected chi connectivity index (χ4v) is 3.35. The van der Waals surface area contributed by atoms with Crippen molar-refractivity contribution in [2.45, 2.75) is 6.92 Å². The van der Waals surface area contributed by atoms with Crippen LogP contribution in [0.2, 0.25) is 0 Å². The molecule has 7 heteroatoms. The molecule has 0 aliphatic rings. The molecule has 1 aromatic heterocycles. The number of ether oxygens (including phenoxy) is 2. The van der Waals surface area contributed by atoms with Gasteiger partial charge in [-0.05, 0) is 42.0 Å². The van der Waals surface area contributed by atoms with Crippen LogP contribution in [0.1, 0.15) is 23.0 Å². The molecule has 0 bridgehead atoms. The first kappa shape index (κ1) is 20.2. The highest BCUT2D eigenvalue weighted by Gasteiger charge is 2.16. The molecule has 7 nitrogen and oxygen atoms in total. The van der Waals surface area contributed by atoms with Gasteiger partial charge in [0.15, 0.2) is 0 Å². The van der Waals surface area contributed by atoms with Crippen LogP contribution < -0.4 is 14.9 Å². The van der Waals surface area contributed by atoms with E-state index < -0.39 is 5.91 Å². The Morgan fingerprint density at radius 2 is 1.90 bits per heavy atom. The van der Waals surface area contributed by atoms with Crippen molar-refractivity contribution in [1.29, 1.82) is 0 Å². The standard InChI is InChI=1S/C24H22N4O3/c1-3-31-21-11-7-5-9-17(21)15-25-28-24(29)20-14-19(26-27-20)23-18-10-6-4-8-16(18)12-13-22(23)30-2/h4-15H,3H2,1-2H3,(H,26,27)(H,28,29)/b25-15-. The largest absolute Gasteiger partial charge is 0.496 e.